The van der Waals surface area contributed by atoms with Crippen LogP contribution in [0.1, 0.15) is 19.4 Å². The molecule has 0 saturated carbocycles. The molecule has 0 radical (unpaired) electrons. The van der Waals surface area contributed by atoms with Crippen LogP contribution in [-0.4, -0.2) is 34.0 Å². The molecule has 0 bridgehead atoms. The molecule has 31 heavy (non-hydrogen) atoms. The summed E-state index contributed by atoms with van der Waals surface area (Å²) in [4.78, 5) is 25.9. The van der Waals surface area contributed by atoms with Crippen molar-refractivity contribution in [2.75, 3.05) is 11.5 Å². The van der Waals surface area contributed by atoms with Gasteiger partial charge < -0.3 is 14.6 Å². The van der Waals surface area contributed by atoms with E-state index in [1.54, 1.807) is 49.4 Å². The Bertz CT molecular complexity index is 1090. The lowest BCUT2D eigenvalue weighted by Crippen LogP contribution is -2.27. The van der Waals surface area contributed by atoms with Gasteiger partial charge in [-0.3, -0.25) is 9.69 Å². The molecular formula is C21H17Cl2NO5S2. The summed E-state index contributed by atoms with van der Waals surface area (Å²) in [5.41, 5.74) is 1.20. The number of nitrogens with zero attached hydrogens (tertiary/aromatic N) is 1. The third-order valence-electron chi connectivity index (χ3n) is 4.17. The van der Waals surface area contributed by atoms with Crippen LogP contribution in [0.3, 0.4) is 0 Å². The molecular weight excluding hydrogens is 481 g/mol. The normalized spacial score (nSPS) is 16.0. The Hall–Kier alpha value is -2.26. The molecule has 0 aliphatic carbocycles. The van der Waals surface area contributed by atoms with Crippen LogP contribution in [0.15, 0.2) is 41.3 Å². The van der Waals surface area contributed by atoms with Gasteiger partial charge in [0.05, 0.1) is 27.2 Å². The summed E-state index contributed by atoms with van der Waals surface area (Å²) in [6.45, 7) is 3.60. The second-order valence-electron chi connectivity index (χ2n) is 6.35. The van der Waals surface area contributed by atoms with Crippen molar-refractivity contribution in [2.45, 2.75) is 20.0 Å². The number of rotatable bonds is 7. The number of carboxylic acid groups (broad SMARTS) is 1. The molecule has 1 N–H and O–H groups in total. The van der Waals surface area contributed by atoms with Crippen molar-refractivity contribution in [3.8, 4) is 11.5 Å². The molecule has 162 valence electrons. The van der Waals surface area contributed by atoms with Crippen LogP contribution in [0.4, 0.5) is 5.69 Å². The molecule has 2 aromatic carbocycles. The molecule has 1 heterocycles. The standard InChI is InChI=1S/C21H17Cl2NO5S2/c1-3-28-17-8-12(4-7-16(17)29-11(2)20(26)27)9-18-19(25)24(21(30)31-18)13-5-6-14(22)15(23)10-13/h4-11H,3H2,1-2H3,(H,26,27)/b18-9+. The molecule has 1 saturated heterocycles. The van der Waals surface area contributed by atoms with E-state index in [9.17, 15) is 9.59 Å². The average molecular weight is 498 g/mol. The zero-order valence-corrected chi connectivity index (χ0v) is 19.6. The molecule has 1 unspecified atom stereocenters. The first kappa shape index (κ1) is 23.4. The van der Waals surface area contributed by atoms with Gasteiger partial charge in [0.15, 0.2) is 21.9 Å². The average Bonchev–Trinajstić information content (AvgIpc) is 2.99. The largest absolute Gasteiger partial charge is 0.490 e. The molecule has 1 fully saturated rings. The first-order valence-corrected chi connectivity index (χ1v) is 11.1. The Morgan fingerprint density at radius 3 is 2.61 bits per heavy atom. The van der Waals surface area contributed by atoms with Gasteiger partial charge in [-0.1, -0.05) is 53.2 Å². The first-order valence-electron chi connectivity index (χ1n) is 9.10. The van der Waals surface area contributed by atoms with E-state index < -0.39 is 12.1 Å². The van der Waals surface area contributed by atoms with Crippen LogP contribution in [0, 0.1) is 0 Å². The Balaban J connectivity index is 1.89. The van der Waals surface area contributed by atoms with E-state index in [4.69, 9.17) is 50.0 Å². The van der Waals surface area contributed by atoms with Crippen LogP contribution in [0.2, 0.25) is 10.0 Å². The quantitative estimate of drug-likeness (QED) is 0.391. The number of anilines is 1. The highest BCUT2D eigenvalue weighted by atomic mass is 35.5. The molecule has 3 rings (SSSR count). The molecule has 1 amide bonds. The van der Waals surface area contributed by atoms with Crippen molar-refractivity contribution >= 4 is 75.1 Å². The summed E-state index contributed by atoms with van der Waals surface area (Å²) >= 11 is 18.6. The minimum Gasteiger partial charge on any atom is -0.490 e. The minimum absolute atomic E-state index is 0.286. The van der Waals surface area contributed by atoms with Gasteiger partial charge in [-0.25, -0.2) is 4.79 Å². The van der Waals surface area contributed by atoms with E-state index in [0.29, 0.717) is 48.6 Å². The molecule has 6 nitrogen and oxygen atoms in total. The maximum atomic E-state index is 13.0. The highest BCUT2D eigenvalue weighted by Crippen LogP contribution is 2.39. The summed E-state index contributed by atoms with van der Waals surface area (Å²) in [6, 6.07) is 9.85. The molecule has 0 aromatic heterocycles. The number of halogens is 2. The summed E-state index contributed by atoms with van der Waals surface area (Å²) in [5, 5.41) is 9.77. The lowest BCUT2D eigenvalue weighted by Gasteiger charge is -2.15. The fourth-order valence-corrected chi connectivity index (χ4v) is 4.28. The molecule has 1 aliphatic rings. The monoisotopic (exact) mass is 497 g/mol. The third kappa shape index (κ3) is 5.33. The number of carbonyl (C=O) groups is 2. The van der Waals surface area contributed by atoms with E-state index in [1.165, 1.54) is 11.8 Å². The summed E-state index contributed by atoms with van der Waals surface area (Å²) in [5.74, 6) is -0.690. The fourth-order valence-electron chi connectivity index (χ4n) is 2.69. The van der Waals surface area contributed by atoms with E-state index in [1.807, 2.05) is 0 Å². The number of carboxylic acids is 1. The van der Waals surface area contributed by atoms with Gasteiger partial charge in [-0.2, -0.15) is 0 Å². The Kier molecular flexibility index (Phi) is 7.48. The zero-order valence-electron chi connectivity index (χ0n) is 16.4. The fraction of sp³-hybridized carbons (Fsp3) is 0.190. The SMILES string of the molecule is CCOc1cc(/C=C2/SC(=S)N(c3ccc(Cl)c(Cl)c3)C2=O)ccc1OC(C)C(=O)O. The van der Waals surface area contributed by atoms with Gasteiger partial charge in [0.1, 0.15) is 0 Å². The summed E-state index contributed by atoms with van der Waals surface area (Å²) in [6.07, 6.45) is 0.650. The molecule has 1 aliphatic heterocycles. The molecule has 1 atom stereocenters. The predicted molar refractivity (Wildman–Crippen MR) is 127 cm³/mol. The van der Waals surface area contributed by atoms with E-state index >= 15 is 0 Å². The number of amides is 1. The Morgan fingerprint density at radius 2 is 1.97 bits per heavy atom. The number of ether oxygens (including phenoxy) is 2. The molecule has 2 aromatic rings. The summed E-state index contributed by atoms with van der Waals surface area (Å²) < 4.78 is 11.4. The van der Waals surface area contributed by atoms with Crippen molar-refractivity contribution in [3.05, 3.63) is 56.9 Å². The van der Waals surface area contributed by atoms with Gasteiger partial charge in [0, 0.05) is 0 Å². The highest BCUT2D eigenvalue weighted by molar-refractivity contribution is 8.27. The minimum atomic E-state index is -1.09. The van der Waals surface area contributed by atoms with E-state index in [-0.39, 0.29) is 5.91 Å². The predicted octanol–water partition coefficient (Wildman–Crippen LogP) is 5.65. The van der Waals surface area contributed by atoms with E-state index in [0.717, 1.165) is 11.8 Å². The van der Waals surface area contributed by atoms with Crippen molar-refractivity contribution in [3.63, 3.8) is 0 Å². The molecule has 10 heteroatoms. The van der Waals surface area contributed by atoms with Crippen LogP contribution in [0.5, 0.6) is 11.5 Å². The highest BCUT2D eigenvalue weighted by Gasteiger charge is 2.33. The number of carbonyl (C=O) groups excluding carboxylic acids is 1. The van der Waals surface area contributed by atoms with Crippen molar-refractivity contribution in [2.24, 2.45) is 0 Å². The smallest absolute Gasteiger partial charge is 0.344 e. The lowest BCUT2D eigenvalue weighted by molar-refractivity contribution is -0.144. The zero-order chi connectivity index (χ0) is 22.7. The van der Waals surface area contributed by atoms with E-state index in [2.05, 4.69) is 0 Å². The van der Waals surface area contributed by atoms with Crippen molar-refractivity contribution in [1.29, 1.82) is 0 Å². The number of thioether (sulfide) groups is 1. The van der Waals surface area contributed by atoms with Crippen LogP contribution >= 0.6 is 47.2 Å². The maximum Gasteiger partial charge on any atom is 0.344 e. The van der Waals surface area contributed by atoms with Gasteiger partial charge in [0.25, 0.3) is 5.91 Å². The number of hydrogen-bond acceptors (Lipinski definition) is 6. The maximum absolute atomic E-state index is 13.0. The van der Waals surface area contributed by atoms with Crippen LogP contribution in [0.25, 0.3) is 6.08 Å². The van der Waals surface area contributed by atoms with Crippen molar-refractivity contribution in [1.82, 2.24) is 0 Å². The first-order chi connectivity index (χ1) is 14.7. The number of aliphatic carboxylic acids is 1. The topological polar surface area (TPSA) is 76.1 Å². The van der Waals surface area contributed by atoms with Gasteiger partial charge in [-0.15, -0.1) is 0 Å². The second-order valence-corrected chi connectivity index (χ2v) is 8.84. The second kappa shape index (κ2) is 9.91. The summed E-state index contributed by atoms with van der Waals surface area (Å²) in [7, 11) is 0. The van der Waals surface area contributed by atoms with Gasteiger partial charge in [-0.05, 0) is 55.8 Å². The van der Waals surface area contributed by atoms with Crippen LogP contribution in [-0.2, 0) is 9.59 Å². The third-order valence-corrected chi connectivity index (χ3v) is 6.21. The number of benzene rings is 2. The van der Waals surface area contributed by atoms with Crippen LogP contribution < -0.4 is 14.4 Å². The van der Waals surface area contributed by atoms with Crippen molar-refractivity contribution < 1.29 is 24.2 Å². The van der Waals surface area contributed by atoms with Gasteiger partial charge in [0.2, 0.25) is 0 Å². The Morgan fingerprint density at radius 1 is 1.23 bits per heavy atom. The molecule has 0 spiro atoms. The lowest BCUT2D eigenvalue weighted by atomic mass is 10.1. The van der Waals surface area contributed by atoms with Gasteiger partial charge >= 0.3 is 5.97 Å². The Labute approximate surface area is 198 Å². The number of thiocarbonyl (C=S) groups is 1. The number of hydrogen-bond donors (Lipinski definition) is 1.